The number of aliphatic imine (C=N–C) groups is 1. The Labute approximate surface area is 126 Å². The summed E-state index contributed by atoms with van der Waals surface area (Å²) in [5, 5.41) is 5.87. The SMILES string of the molecule is C=CN=C/C=C(\C)NC(=O)C1=CCC([C@H](N)CNC)C=C1. The van der Waals surface area contributed by atoms with Gasteiger partial charge in [0.15, 0.2) is 0 Å². The van der Waals surface area contributed by atoms with Gasteiger partial charge in [0, 0.05) is 36.3 Å². The average molecular weight is 288 g/mol. The predicted octanol–water partition coefficient (Wildman–Crippen LogP) is 1.27. The van der Waals surface area contributed by atoms with Gasteiger partial charge in [-0.15, -0.1) is 0 Å². The van der Waals surface area contributed by atoms with E-state index in [0.717, 1.165) is 18.7 Å². The van der Waals surface area contributed by atoms with Crippen LogP contribution in [0, 0.1) is 5.92 Å². The molecule has 114 valence electrons. The number of hydrogen-bond donors (Lipinski definition) is 3. The van der Waals surface area contributed by atoms with Crippen molar-refractivity contribution in [1.29, 1.82) is 0 Å². The van der Waals surface area contributed by atoms with Crippen LogP contribution in [0.15, 0.2) is 53.3 Å². The molecule has 1 unspecified atom stereocenters. The van der Waals surface area contributed by atoms with Crippen molar-refractivity contribution in [2.75, 3.05) is 13.6 Å². The minimum absolute atomic E-state index is 0.0591. The third kappa shape index (κ3) is 5.89. The fourth-order valence-electron chi connectivity index (χ4n) is 2.02. The summed E-state index contributed by atoms with van der Waals surface area (Å²) in [6.07, 6.45) is 11.3. The molecule has 1 aliphatic rings. The Morgan fingerprint density at radius 3 is 3.00 bits per heavy atom. The van der Waals surface area contributed by atoms with Crippen LogP contribution in [0.3, 0.4) is 0 Å². The Morgan fingerprint density at radius 1 is 1.67 bits per heavy atom. The first-order valence-electron chi connectivity index (χ1n) is 6.99. The third-order valence-corrected chi connectivity index (χ3v) is 3.21. The predicted molar refractivity (Wildman–Crippen MR) is 87.8 cm³/mol. The summed E-state index contributed by atoms with van der Waals surface area (Å²) in [6.45, 7) is 6.05. The summed E-state index contributed by atoms with van der Waals surface area (Å²) < 4.78 is 0. The van der Waals surface area contributed by atoms with Gasteiger partial charge in [-0.2, -0.15) is 0 Å². The summed E-state index contributed by atoms with van der Waals surface area (Å²) in [5.41, 5.74) is 7.45. The van der Waals surface area contributed by atoms with Crippen molar-refractivity contribution in [3.63, 3.8) is 0 Å². The second kappa shape index (κ2) is 9.05. The molecule has 0 spiro atoms. The minimum Gasteiger partial charge on any atom is -0.326 e. The molecule has 0 bridgehead atoms. The number of allylic oxidation sites excluding steroid dienone is 3. The fraction of sp³-hybridized carbons (Fsp3) is 0.375. The van der Waals surface area contributed by atoms with E-state index in [1.54, 1.807) is 12.3 Å². The molecule has 21 heavy (non-hydrogen) atoms. The highest BCUT2D eigenvalue weighted by Gasteiger charge is 2.18. The maximum absolute atomic E-state index is 12.1. The van der Waals surface area contributed by atoms with Crippen molar-refractivity contribution in [3.05, 3.63) is 48.4 Å². The van der Waals surface area contributed by atoms with Crippen LogP contribution in [0.2, 0.25) is 0 Å². The third-order valence-electron chi connectivity index (χ3n) is 3.21. The molecule has 1 amide bonds. The van der Waals surface area contributed by atoms with E-state index in [-0.39, 0.29) is 17.9 Å². The van der Waals surface area contributed by atoms with Crippen LogP contribution in [-0.4, -0.2) is 31.8 Å². The van der Waals surface area contributed by atoms with E-state index in [4.69, 9.17) is 5.73 Å². The lowest BCUT2D eigenvalue weighted by molar-refractivity contribution is -0.116. The monoisotopic (exact) mass is 288 g/mol. The highest BCUT2D eigenvalue weighted by Crippen LogP contribution is 2.18. The summed E-state index contributed by atoms with van der Waals surface area (Å²) >= 11 is 0. The number of nitrogens with one attached hydrogen (secondary N) is 2. The van der Waals surface area contributed by atoms with Crippen LogP contribution in [0.1, 0.15) is 13.3 Å². The van der Waals surface area contributed by atoms with Crippen molar-refractivity contribution in [2.45, 2.75) is 19.4 Å². The molecule has 0 saturated carbocycles. The molecule has 0 aromatic heterocycles. The van der Waals surface area contributed by atoms with Crippen molar-refractivity contribution in [3.8, 4) is 0 Å². The first kappa shape index (κ1) is 17.1. The zero-order valence-electron chi connectivity index (χ0n) is 12.7. The van der Waals surface area contributed by atoms with Crippen molar-refractivity contribution >= 4 is 12.1 Å². The van der Waals surface area contributed by atoms with Gasteiger partial charge < -0.3 is 16.4 Å². The zero-order valence-corrected chi connectivity index (χ0v) is 12.7. The first-order chi connectivity index (χ1) is 10.1. The zero-order chi connectivity index (χ0) is 15.7. The van der Waals surface area contributed by atoms with E-state index in [0.29, 0.717) is 5.57 Å². The van der Waals surface area contributed by atoms with Crippen molar-refractivity contribution in [1.82, 2.24) is 10.6 Å². The van der Waals surface area contributed by atoms with Gasteiger partial charge in [-0.05, 0) is 32.4 Å². The quantitative estimate of drug-likeness (QED) is 0.617. The molecule has 1 aliphatic carbocycles. The lowest BCUT2D eigenvalue weighted by atomic mass is 9.90. The standard InChI is InChI=1S/C16H24N4O/c1-4-19-10-9-12(2)20-16(21)14-7-5-13(6-8-14)15(17)11-18-3/h4-5,7-10,13,15,18H,1,6,11,17H2,2-3H3,(H,20,21)/b12-9+,19-10?/t13?,15-/m1/s1. The molecule has 2 atom stereocenters. The molecule has 0 fully saturated rings. The van der Waals surface area contributed by atoms with Gasteiger partial charge in [-0.25, -0.2) is 0 Å². The van der Waals surface area contributed by atoms with Gasteiger partial charge in [-0.3, -0.25) is 9.79 Å². The van der Waals surface area contributed by atoms with Crippen LogP contribution >= 0.6 is 0 Å². The Hall–Kier alpha value is -1.98. The second-order valence-electron chi connectivity index (χ2n) is 4.92. The topological polar surface area (TPSA) is 79.5 Å². The van der Waals surface area contributed by atoms with Crippen molar-refractivity contribution in [2.24, 2.45) is 16.6 Å². The fourth-order valence-corrected chi connectivity index (χ4v) is 2.02. The lowest BCUT2D eigenvalue weighted by Crippen LogP contribution is -2.38. The van der Waals surface area contributed by atoms with E-state index in [2.05, 4.69) is 22.2 Å². The smallest absolute Gasteiger partial charge is 0.255 e. The first-order valence-corrected chi connectivity index (χ1v) is 6.99. The summed E-state index contributed by atoms with van der Waals surface area (Å²) in [7, 11) is 1.88. The van der Waals surface area contributed by atoms with Gasteiger partial charge in [0.05, 0.1) is 0 Å². The largest absolute Gasteiger partial charge is 0.326 e. The molecular weight excluding hydrogens is 264 g/mol. The Kier molecular flexibility index (Phi) is 7.36. The number of likely N-dealkylation sites (N-methyl/N-ethyl adjacent to an activating group) is 1. The molecular formula is C16H24N4O. The van der Waals surface area contributed by atoms with Crippen molar-refractivity contribution < 1.29 is 4.79 Å². The average Bonchev–Trinajstić information content (AvgIpc) is 2.48. The van der Waals surface area contributed by atoms with E-state index >= 15 is 0 Å². The molecule has 0 radical (unpaired) electrons. The number of amides is 1. The molecule has 5 nitrogen and oxygen atoms in total. The van der Waals surface area contributed by atoms with Gasteiger partial charge in [0.2, 0.25) is 0 Å². The minimum atomic E-state index is -0.118. The van der Waals surface area contributed by atoms with Crippen LogP contribution in [0.5, 0.6) is 0 Å². The van der Waals surface area contributed by atoms with E-state index in [1.165, 1.54) is 6.20 Å². The Balaban J connectivity index is 2.54. The Bertz CT molecular complexity index is 489. The highest BCUT2D eigenvalue weighted by atomic mass is 16.1. The maximum Gasteiger partial charge on any atom is 0.255 e. The normalized spacial score (nSPS) is 20.2. The molecule has 0 heterocycles. The molecule has 0 saturated heterocycles. The van der Waals surface area contributed by atoms with Gasteiger partial charge in [0.1, 0.15) is 0 Å². The number of rotatable bonds is 7. The summed E-state index contributed by atoms with van der Waals surface area (Å²) in [4.78, 5) is 15.9. The second-order valence-corrected chi connectivity index (χ2v) is 4.92. The number of carbonyl (C=O) groups is 1. The number of hydrogen-bond acceptors (Lipinski definition) is 4. The van der Waals surface area contributed by atoms with Gasteiger partial charge in [0.25, 0.3) is 5.91 Å². The van der Waals surface area contributed by atoms with Crippen LogP contribution < -0.4 is 16.4 Å². The van der Waals surface area contributed by atoms with E-state index in [1.807, 2.05) is 32.2 Å². The van der Waals surface area contributed by atoms with E-state index < -0.39 is 0 Å². The molecule has 0 aliphatic heterocycles. The highest BCUT2D eigenvalue weighted by molar-refractivity contribution is 5.97. The maximum atomic E-state index is 12.1. The number of carbonyl (C=O) groups excluding carboxylic acids is 1. The summed E-state index contributed by atoms with van der Waals surface area (Å²) in [6, 6.07) is 0.0591. The Morgan fingerprint density at radius 2 is 2.43 bits per heavy atom. The van der Waals surface area contributed by atoms with Crippen LogP contribution in [0.4, 0.5) is 0 Å². The van der Waals surface area contributed by atoms with Crippen LogP contribution in [-0.2, 0) is 4.79 Å². The molecule has 0 aromatic carbocycles. The number of nitrogens with two attached hydrogens (primary N) is 1. The molecule has 4 N–H and O–H groups in total. The van der Waals surface area contributed by atoms with Gasteiger partial charge in [-0.1, -0.05) is 24.8 Å². The number of nitrogens with zero attached hydrogens (tertiary/aromatic N) is 1. The van der Waals surface area contributed by atoms with Gasteiger partial charge >= 0.3 is 0 Å². The van der Waals surface area contributed by atoms with E-state index in [9.17, 15) is 4.79 Å². The van der Waals surface area contributed by atoms with Crippen LogP contribution in [0.25, 0.3) is 0 Å². The summed E-state index contributed by atoms with van der Waals surface area (Å²) in [5.74, 6) is 0.151. The molecule has 5 heteroatoms. The lowest BCUT2D eigenvalue weighted by Gasteiger charge is -2.22. The molecule has 0 aromatic rings. The molecule has 1 rings (SSSR count).